The first kappa shape index (κ1) is 21.2. The van der Waals surface area contributed by atoms with Crippen molar-refractivity contribution in [3.8, 4) is 22.9 Å². The number of aromatic nitrogens is 1. The molecular weight excluding hydrogens is 414 g/mol. The fraction of sp³-hybridized carbons (Fsp3) is 0.304. The van der Waals surface area contributed by atoms with Crippen LogP contribution >= 0.6 is 10.6 Å². The summed E-state index contributed by atoms with van der Waals surface area (Å²) in [5.74, 6) is 1.08. The largest absolute Gasteiger partial charge is 0.496 e. The van der Waals surface area contributed by atoms with E-state index in [0.717, 1.165) is 27.6 Å². The van der Waals surface area contributed by atoms with Gasteiger partial charge in [-0.2, -0.15) is 15.9 Å². The molecule has 162 valence electrons. The number of primary amides is 1. The minimum Gasteiger partial charge on any atom is -0.496 e. The number of ether oxygens (including phenoxy) is 1. The third-order valence-corrected chi connectivity index (χ3v) is 7.78. The predicted octanol–water partition coefficient (Wildman–Crippen LogP) is 4.64. The summed E-state index contributed by atoms with van der Waals surface area (Å²) in [5.41, 5.74) is 10.3. The highest BCUT2D eigenvalue weighted by Crippen LogP contribution is 2.49. The van der Waals surface area contributed by atoms with Crippen molar-refractivity contribution in [3.05, 3.63) is 53.2 Å². The molecule has 0 atom stereocenters. The smallest absolute Gasteiger partial charge is 0.250 e. The number of hydrogen-bond donors (Lipinski definition) is 4. The highest BCUT2D eigenvalue weighted by atomic mass is 32.3. The first-order chi connectivity index (χ1) is 14.8. The molecule has 2 aromatic carbocycles. The summed E-state index contributed by atoms with van der Waals surface area (Å²) in [6.07, 6.45) is 3.48. The van der Waals surface area contributed by atoms with Gasteiger partial charge in [-0.3, -0.25) is 13.9 Å². The number of nitrogens with one attached hydrogen (secondary N) is 1. The van der Waals surface area contributed by atoms with Crippen LogP contribution in [0.3, 0.4) is 0 Å². The Morgan fingerprint density at radius 2 is 2.00 bits per heavy atom. The van der Waals surface area contributed by atoms with Crippen molar-refractivity contribution in [1.82, 2.24) is 4.98 Å². The van der Waals surface area contributed by atoms with Gasteiger partial charge in [-0.05, 0) is 59.7 Å². The molecule has 0 saturated carbocycles. The number of benzene rings is 2. The molecule has 0 aliphatic carbocycles. The summed E-state index contributed by atoms with van der Waals surface area (Å²) in [4.78, 5) is 15.4. The van der Waals surface area contributed by atoms with Gasteiger partial charge in [0.2, 0.25) is 0 Å². The Morgan fingerprint density at radius 3 is 2.65 bits per heavy atom. The molecular formula is C23H25N3O4S. The van der Waals surface area contributed by atoms with E-state index in [9.17, 15) is 13.9 Å². The lowest BCUT2D eigenvalue weighted by Gasteiger charge is -2.39. The number of hydrogen-bond acceptors (Lipinski definition) is 5. The highest BCUT2D eigenvalue weighted by molar-refractivity contribution is 8.24. The Morgan fingerprint density at radius 1 is 1.26 bits per heavy atom. The highest BCUT2D eigenvalue weighted by Gasteiger charge is 2.27. The quantitative estimate of drug-likeness (QED) is 0.460. The molecule has 1 aromatic heterocycles. The Kier molecular flexibility index (Phi) is 5.67. The van der Waals surface area contributed by atoms with Crippen LogP contribution in [-0.4, -0.2) is 38.6 Å². The van der Waals surface area contributed by atoms with E-state index in [-0.39, 0.29) is 12.3 Å². The van der Waals surface area contributed by atoms with Crippen molar-refractivity contribution in [2.75, 3.05) is 18.6 Å². The maximum absolute atomic E-state index is 12.2. The summed E-state index contributed by atoms with van der Waals surface area (Å²) in [5, 5.41) is 10.1. The molecule has 1 amide bonds. The monoisotopic (exact) mass is 439 g/mol. The van der Waals surface area contributed by atoms with Gasteiger partial charge in [0, 0.05) is 28.7 Å². The molecule has 4 rings (SSSR count). The van der Waals surface area contributed by atoms with Crippen LogP contribution in [0.2, 0.25) is 0 Å². The Balaban J connectivity index is 1.83. The first-order valence-corrected chi connectivity index (χ1v) is 11.9. The molecule has 0 unspecified atom stereocenters. The van der Waals surface area contributed by atoms with Gasteiger partial charge in [0.15, 0.2) is 0 Å². The number of nitrogens with zero attached hydrogens (tertiary/aromatic N) is 1. The van der Waals surface area contributed by atoms with Gasteiger partial charge in [0.25, 0.3) is 5.91 Å². The van der Waals surface area contributed by atoms with E-state index in [4.69, 9.17) is 15.7 Å². The second-order valence-electron chi connectivity index (χ2n) is 7.90. The molecule has 1 aliphatic heterocycles. The average Bonchev–Trinajstić information content (AvgIpc) is 3.17. The number of methoxy groups -OCH3 is 1. The maximum Gasteiger partial charge on any atom is 0.250 e. The Hall–Kier alpha value is -2.99. The van der Waals surface area contributed by atoms with Crippen molar-refractivity contribution in [2.45, 2.75) is 25.2 Å². The van der Waals surface area contributed by atoms with Crippen LogP contribution in [0.4, 0.5) is 0 Å². The second kappa shape index (κ2) is 8.27. The third kappa shape index (κ3) is 4.12. The molecule has 5 N–H and O–H groups in total. The minimum absolute atomic E-state index is 0.176. The van der Waals surface area contributed by atoms with Gasteiger partial charge < -0.3 is 15.5 Å². The molecule has 1 fully saturated rings. The standard InChI is InChI=1S/C23H25N3O4S/c1-30-21-3-2-15(10-16(21)4-7-24)17-11-18-20(14-5-8-31(28,29)9-6-14)13-26-22(18)19(12-17)23(25)27/h2-3,10-14,26,28-29H,4-6,8-9H2,1H3,(H2,25,27). The van der Waals surface area contributed by atoms with Crippen LogP contribution in [0.15, 0.2) is 36.5 Å². The lowest BCUT2D eigenvalue weighted by Crippen LogP contribution is -2.19. The van der Waals surface area contributed by atoms with Crippen LogP contribution in [0.1, 0.15) is 40.2 Å². The second-order valence-corrected chi connectivity index (χ2v) is 10.3. The Bertz CT molecular complexity index is 1190. The van der Waals surface area contributed by atoms with E-state index >= 15 is 0 Å². The van der Waals surface area contributed by atoms with Crippen LogP contribution < -0.4 is 10.5 Å². The number of rotatable bonds is 5. The van der Waals surface area contributed by atoms with E-state index < -0.39 is 16.5 Å². The molecule has 1 saturated heterocycles. The van der Waals surface area contributed by atoms with Gasteiger partial charge >= 0.3 is 0 Å². The first-order valence-electron chi connectivity index (χ1n) is 10.1. The molecule has 31 heavy (non-hydrogen) atoms. The number of nitrogens with two attached hydrogens (primary N) is 1. The Labute approximate surface area is 182 Å². The fourth-order valence-electron chi connectivity index (χ4n) is 4.35. The topological polar surface area (TPSA) is 132 Å². The number of fused-ring (bicyclic) bond motifs is 1. The van der Waals surface area contributed by atoms with Gasteiger partial charge in [-0.15, -0.1) is 0 Å². The van der Waals surface area contributed by atoms with Gasteiger partial charge in [-0.25, -0.2) is 0 Å². The number of H-pyrrole nitrogens is 1. The fourth-order valence-corrected chi connectivity index (χ4v) is 5.88. The normalized spacial score (nSPS) is 17.2. The van der Waals surface area contributed by atoms with E-state index in [1.54, 1.807) is 13.2 Å². The van der Waals surface area contributed by atoms with Crippen LogP contribution in [0.5, 0.6) is 5.75 Å². The maximum atomic E-state index is 12.2. The van der Waals surface area contributed by atoms with Gasteiger partial charge in [0.05, 0.1) is 30.7 Å². The van der Waals surface area contributed by atoms with Crippen molar-refractivity contribution in [3.63, 3.8) is 0 Å². The zero-order valence-electron chi connectivity index (χ0n) is 17.2. The van der Waals surface area contributed by atoms with Gasteiger partial charge in [-0.1, -0.05) is 6.07 Å². The molecule has 8 heteroatoms. The average molecular weight is 440 g/mol. The summed E-state index contributed by atoms with van der Waals surface area (Å²) in [6.45, 7) is 0. The number of carbonyl (C=O) groups is 1. The molecule has 0 spiro atoms. The number of nitriles is 1. The number of carbonyl (C=O) groups excluding carboxylic acids is 1. The zero-order chi connectivity index (χ0) is 22.2. The van der Waals surface area contributed by atoms with E-state index in [0.29, 0.717) is 41.2 Å². The molecule has 0 radical (unpaired) electrons. The number of amides is 1. The summed E-state index contributed by atoms with van der Waals surface area (Å²) >= 11 is 0. The van der Waals surface area contributed by atoms with E-state index in [2.05, 4.69) is 11.1 Å². The molecule has 1 aliphatic rings. The van der Waals surface area contributed by atoms with Crippen molar-refractivity contribution < 1.29 is 18.6 Å². The lowest BCUT2D eigenvalue weighted by atomic mass is 9.90. The zero-order valence-corrected chi connectivity index (χ0v) is 18.0. The predicted molar refractivity (Wildman–Crippen MR) is 123 cm³/mol. The summed E-state index contributed by atoms with van der Waals surface area (Å²) in [6, 6.07) is 11.6. The van der Waals surface area contributed by atoms with E-state index in [1.165, 1.54) is 0 Å². The van der Waals surface area contributed by atoms with E-state index in [1.807, 2.05) is 30.5 Å². The lowest BCUT2D eigenvalue weighted by molar-refractivity contribution is 0.100. The van der Waals surface area contributed by atoms with Crippen LogP contribution in [0, 0.1) is 11.3 Å². The van der Waals surface area contributed by atoms with Crippen LogP contribution in [0.25, 0.3) is 22.0 Å². The minimum atomic E-state index is -2.47. The summed E-state index contributed by atoms with van der Waals surface area (Å²) in [7, 11) is -0.904. The number of aromatic amines is 1. The van der Waals surface area contributed by atoms with Crippen molar-refractivity contribution >= 4 is 27.4 Å². The molecule has 3 aromatic rings. The van der Waals surface area contributed by atoms with Crippen molar-refractivity contribution in [1.29, 1.82) is 5.26 Å². The molecule has 7 nitrogen and oxygen atoms in total. The van der Waals surface area contributed by atoms with Crippen LogP contribution in [-0.2, 0) is 6.42 Å². The van der Waals surface area contributed by atoms with Gasteiger partial charge in [0.1, 0.15) is 5.75 Å². The molecule has 0 bridgehead atoms. The molecule has 2 heterocycles. The SMILES string of the molecule is COc1ccc(-c2cc(C(N)=O)c3[nH]cc(C4CCS(O)(O)CC4)c3c2)cc1CC#N. The van der Waals surface area contributed by atoms with Crippen molar-refractivity contribution in [2.24, 2.45) is 5.73 Å². The summed E-state index contributed by atoms with van der Waals surface area (Å²) < 4.78 is 25.3. The third-order valence-electron chi connectivity index (χ3n) is 6.00.